The summed E-state index contributed by atoms with van der Waals surface area (Å²) < 4.78 is 0. The Morgan fingerprint density at radius 3 is 2.70 bits per heavy atom. The number of likely N-dealkylation sites (N-methyl/N-ethyl adjacent to an activating group) is 1. The van der Waals surface area contributed by atoms with Gasteiger partial charge < -0.3 is 15.7 Å². The second-order valence-electron chi connectivity index (χ2n) is 4.69. The molecule has 3 amide bonds. The number of aliphatic hydroxyl groups is 1. The number of thioether (sulfide) groups is 1. The van der Waals surface area contributed by atoms with Gasteiger partial charge in [-0.25, -0.2) is 4.79 Å². The van der Waals surface area contributed by atoms with Crippen LogP contribution in [0.1, 0.15) is 12.5 Å². The zero-order chi connectivity index (χ0) is 17.4. The van der Waals surface area contributed by atoms with Crippen molar-refractivity contribution in [1.82, 2.24) is 10.2 Å². The second-order valence-corrected chi connectivity index (χ2v) is 6.78. The number of carbonyl (C=O) groups is 2. The minimum atomic E-state index is -2.31. The quantitative estimate of drug-likeness (QED) is 0.469. The van der Waals surface area contributed by atoms with Gasteiger partial charge in [-0.1, -0.05) is 41.9 Å². The molecule has 0 bridgehead atoms. The first-order valence-electron chi connectivity index (χ1n) is 6.51. The van der Waals surface area contributed by atoms with Crippen LogP contribution in [0.2, 0.25) is 10.0 Å². The third-order valence-corrected chi connectivity index (χ3v) is 4.70. The number of halogens is 2. The fourth-order valence-electron chi connectivity index (χ4n) is 2.11. The molecule has 0 saturated carbocycles. The molecule has 1 aromatic carbocycles. The Kier molecular flexibility index (Phi) is 5.10. The molecule has 1 heterocycles. The van der Waals surface area contributed by atoms with E-state index in [0.29, 0.717) is 5.75 Å². The first-order chi connectivity index (χ1) is 10.7. The van der Waals surface area contributed by atoms with Crippen molar-refractivity contribution in [2.24, 2.45) is 0 Å². The van der Waals surface area contributed by atoms with Crippen LogP contribution in [-0.4, -0.2) is 39.9 Å². The number of hydrogen-bond acceptors (Lipinski definition) is 5. The first-order valence-corrected chi connectivity index (χ1v) is 8.25. The number of amidine groups is 1. The molecule has 4 N–H and O–H groups in total. The minimum absolute atomic E-state index is 0.0702. The predicted octanol–water partition coefficient (Wildman–Crippen LogP) is 2.42. The molecule has 1 unspecified atom stereocenters. The summed E-state index contributed by atoms with van der Waals surface area (Å²) in [6, 6.07) is 1.98. The smallest absolute Gasteiger partial charge is 0.324 e. The highest BCUT2D eigenvalue weighted by molar-refractivity contribution is 8.13. The topological polar surface area (TPSA) is 106 Å². The molecule has 1 aliphatic heterocycles. The van der Waals surface area contributed by atoms with Crippen LogP contribution in [0.15, 0.2) is 12.1 Å². The first kappa shape index (κ1) is 17.9. The number of fused-ring (bicyclic) bond motifs is 1. The van der Waals surface area contributed by atoms with Gasteiger partial charge in [-0.3, -0.25) is 15.1 Å². The number of anilines is 1. The minimum Gasteiger partial charge on any atom is -0.359 e. The van der Waals surface area contributed by atoms with E-state index in [1.165, 1.54) is 19.2 Å². The number of nitrogens with zero attached hydrogens (tertiary/aromatic N) is 1. The second kappa shape index (κ2) is 6.56. The SMILES string of the molecule is CCSC(=N)NC(=O)C1(O)c2cc(Cl)c(Cl)cc2NC(=O)N1C. The largest absolute Gasteiger partial charge is 0.359 e. The van der Waals surface area contributed by atoms with Gasteiger partial charge in [0.15, 0.2) is 5.17 Å². The number of urea groups is 1. The monoisotopic (exact) mass is 376 g/mol. The van der Waals surface area contributed by atoms with E-state index < -0.39 is 17.7 Å². The van der Waals surface area contributed by atoms with Gasteiger partial charge in [0, 0.05) is 12.6 Å². The van der Waals surface area contributed by atoms with Crippen LogP contribution in [0.4, 0.5) is 10.5 Å². The molecular weight excluding hydrogens is 363 g/mol. The third kappa shape index (κ3) is 3.12. The maximum absolute atomic E-state index is 12.5. The lowest BCUT2D eigenvalue weighted by molar-refractivity contribution is -0.155. The van der Waals surface area contributed by atoms with Crippen molar-refractivity contribution in [3.8, 4) is 0 Å². The van der Waals surface area contributed by atoms with Crippen molar-refractivity contribution in [2.75, 3.05) is 18.1 Å². The molecule has 10 heteroatoms. The number of rotatable bonds is 2. The summed E-state index contributed by atoms with van der Waals surface area (Å²) in [6.45, 7) is 1.82. The van der Waals surface area contributed by atoms with E-state index >= 15 is 0 Å². The molecule has 0 aliphatic carbocycles. The summed E-state index contributed by atoms with van der Waals surface area (Å²) in [5.41, 5.74) is -2.07. The number of carbonyl (C=O) groups excluding carboxylic acids is 2. The van der Waals surface area contributed by atoms with Crippen molar-refractivity contribution >= 4 is 57.8 Å². The van der Waals surface area contributed by atoms with Gasteiger partial charge in [0.2, 0.25) is 0 Å². The fraction of sp³-hybridized carbons (Fsp3) is 0.308. The van der Waals surface area contributed by atoms with E-state index in [1.807, 2.05) is 6.92 Å². The predicted molar refractivity (Wildman–Crippen MR) is 91.1 cm³/mol. The maximum Gasteiger partial charge on any atom is 0.324 e. The van der Waals surface area contributed by atoms with Crippen molar-refractivity contribution in [1.29, 1.82) is 5.41 Å². The molecular formula is C13H14Cl2N4O3S. The highest BCUT2D eigenvalue weighted by Gasteiger charge is 2.50. The highest BCUT2D eigenvalue weighted by Crippen LogP contribution is 2.40. The molecule has 0 spiro atoms. The molecule has 7 nitrogen and oxygen atoms in total. The summed E-state index contributed by atoms with van der Waals surface area (Å²) in [5.74, 6) is -0.355. The Balaban J connectivity index is 2.51. The molecule has 1 aromatic rings. The Hall–Kier alpha value is -1.48. The number of hydrogen-bond donors (Lipinski definition) is 4. The molecule has 0 aromatic heterocycles. The summed E-state index contributed by atoms with van der Waals surface area (Å²) in [6.07, 6.45) is 0. The lowest BCUT2D eigenvalue weighted by Crippen LogP contribution is -2.61. The molecule has 0 radical (unpaired) electrons. The van der Waals surface area contributed by atoms with Crippen molar-refractivity contribution in [3.05, 3.63) is 27.7 Å². The van der Waals surface area contributed by atoms with Crippen molar-refractivity contribution < 1.29 is 14.7 Å². The fourth-order valence-corrected chi connectivity index (χ4v) is 2.89. The van der Waals surface area contributed by atoms with E-state index in [9.17, 15) is 14.7 Å². The molecule has 0 fully saturated rings. The van der Waals surface area contributed by atoms with Gasteiger partial charge in [-0.05, 0) is 17.9 Å². The number of benzene rings is 1. The molecule has 1 atom stereocenters. The Labute approximate surface area is 146 Å². The van der Waals surface area contributed by atoms with Crippen LogP contribution in [-0.2, 0) is 10.5 Å². The van der Waals surface area contributed by atoms with Gasteiger partial charge in [0.1, 0.15) is 0 Å². The van der Waals surface area contributed by atoms with E-state index in [1.54, 1.807) is 0 Å². The van der Waals surface area contributed by atoms with Crippen LogP contribution in [0.5, 0.6) is 0 Å². The lowest BCUT2D eigenvalue weighted by Gasteiger charge is -2.40. The molecule has 124 valence electrons. The summed E-state index contributed by atoms with van der Waals surface area (Å²) in [7, 11) is 1.26. The lowest BCUT2D eigenvalue weighted by atomic mass is 9.96. The van der Waals surface area contributed by atoms with Gasteiger partial charge >= 0.3 is 6.03 Å². The summed E-state index contributed by atoms with van der Waals surface area (Å²) in [5, 5.41) is 23.5. The Morgan fingerprint density at radius 2 is 2.09 bits per heavy atom. The Bertz CT molecular complexity index is 700. The van der Waals surface area contributed by atoms with Crippen molar-refractivity contribution in [3.63, 3.8) is 0 Å². The van der Waals surface area contributed by atoms with Crippen LogP contribution in [0, 0.1) is 5.41 Å². The van der Waals surface area contributed by atoms with Crippen LogP contribution < -0.4 is 10.6 Å². The average molecular weight is 377 g/mol. The zero-order valence-corrected chi connectivity index (χ0v) is 14.6. The van der Waals surface area contributed by atoms with Crippen LogP contribution in [0.3, 0.4) is 0 Å². The van der Waals surface area contributed by atoms with Gasteiger partial charge in [0.25, 0.3) is 11.6 Å². The van der Waals surface area contributed by atoms with Gasteiger partial charge in [0.05, 0.1) is 15.7 Å². The van der Waals surface area contributed by atoms with Gasteiger partial charge in [-0.2, -0.15) is 0 Å². The van der Waals surface area contributed by atoms with Gasteiger partial charge in [-0.15, -0.1) is 0 Å². The Morgan fingerprint density at radius 1 is 1.48 bits per heavy atom. The summed E-state index contributed by atoms with van der Waals surface area (Å²) in [4.78, 5) is 25.4. The normalized spacial score (nSPS) is 19.9. The van der Waals surface area contributed by atoms with E-state index in [-0.39, 0.29) is 26.5 Å². The number of nitrogens with one attached hydrogen (secondary N) is 3. The maximum atomic E-state index is 12.5. The number of amides is 3. The molecule has 1 aliphatic rings. The van der Waals surface area contributed by atoms with E-state index in [4.69, 9.17) is 28.6 Å². The van der Waals surface area contributed by atoms with E-state index in [2.05, 4.69) is 10.6 Å². The highest BCUT2D eigenvalue weighted by atomic mass is 35.5. The van der Waals surface area contributed by atoms with Crippen LogP contribution in [0.25, 0.3) is 0 Å². The average Bonchev–Trinajstić information content (AvgIpc) is 2.47. The third-order valence-electron chi connectivity index (χ3n) is 3.30. The van der Waals surface area contributed by atoms with E-state index in [0.717, 1.165) is 16.7 Å². The molecule has 23 heavy (non-hydrogen) atoms. The zero-order valence-electron chi connectivity index (χ0n) is 12.2. The van der Waals surface area contributed by atoms with Crippen molar-refractivity contribution in [2.45, 2.75) is 12.6 Å². The summed E-state index contributed by atoms with van der Waals surface area (Å²) >= 11 is 13.0. The van der Waals surface area contributed by atoms with Crippen LogP contribution >= 0.6 is 35.0 Å². The standard InChI is InChI=1S/C13H14Cl2N4O3S/c1-3-23-11(16)18-10(20)13(22)6-4-7(14)8(15)5-9(6)17-12(21)19(13)2/h4-5,22H,3H2,1-2H3,(H,17,21)(H2,16,18,20). The molecule has 2 rings (SSSR count). The molecule has 0 saturated heterocycles.